The Hall–Kier alpha value is -3.76. The fourth-order valence-corrected chi connectivity index (χ4v) is 2.93. The molecular weight excluding hydrogens is 370 g/mol. The molecule has 27 heavy (non-hydrogen) atoms. The molecule has 0 spiro atoms. The van der Waals surface area contributed by atoms with E-state index in [1.165, 1.54) is 12.1 Å². The summed E-state index contributed by atoms with van der Waals surface area (Å²) in [7, 11) is 0. The lowest BCUT2D eigenvalue weighted by Gasteiger charge is -2.13. The summed E-state index contributed by atoms with van der Waals surface area (Å²) < 4.78 is 5.06. The normalized spacial score (nSPS) is 9.85. The SMILES string of the molecule is N#Cc1c(N)nc(SCC(N)=O)c(C#N)c1-c1ccc(OCC(=O)O)cc1. The monoisotopic (exact) mass is 383 g/mol. The second-order valence-electron chi connectivity index (χ2n) is 5.11. The molecular formula is C17H13N5O4S. The average Bonchev–Trinajstić information content (AvgIpc) is 2.64. The van der Waals surface area contributed by atoms with Gasteiger partial charge in [-0.3, -0.25) is 4.79 Å². The fourth-order valence-electron chi connectivity index (χ4n) is 2.19. The minimum Gasteiger partial charge on any atom is -0.482 e. The van der Waals surface area contributed by atoms with Crippen LogP contribution in [0.3, 0.4) is 0 Å². The fraction of sp³-hybridized carbons (Fsp3) is 0.118. The van der Waals surface area contributed by atoms with E-state index < -0.39 is 18.5 Å². The van der Waals surface area contributed by atoms with E-state index in [1.807, 2.05) is 12.1 Å². The lowest BCUT2D eigenvalue weighted by Crippen LogP contribution is -2.14. The largest absolute Gasteiger partial charge is 0.482 e. The minimum absolute atomic E-state index is 0.0224. The van der Waals surface area contributed by atoms with Crippen molar-refractivity contribution in [2.75, 3.05) is 18.1 Å². The number of nitrogen functional groups attached to an aromatic ring is 1. The Morgan fingerprint density at radius 3 is 2.33 bits per heavy atom. The maximum Gasteiger partial charge on any atom is 0.341 e. The number of nitriles is 2. The number of aromatic nitrogens is 1. The molecule has 10 heteroatoms. The number of carbonyl (C=O) groups is 2. The topological polar surface area (TPSA) is 176 Å². The summed E-state index contributed by atoms with van der Waals surface area (Å²) in [5.74, 6) is -1.58. The quantitative estimate of drug-likeness (QED) is 0.591. The average molecular weight is 383 g/mol. The van der Waals surface area contributed by atoms with E-state index in [2.05, 4.69) is 4.98 Å². The maximum absolute atomic E-state index is 11.0. The van der Waals surface area contributed by atoms with Gasteiger partial charge in [0, 0.05) is 5.56 Å². The Bertz CT molecular complexity index is 977. The zero-order valence-corrected chi connectivity index (χ0v) is 14.6. The van der Waals surface area contributed by atoms with Gasteiger partial charge in [-0.2, -0.15) is 10.5 Å². The molecule has 1 aromatic carbocycles. The summed E-state index contributed by atoms with van der Waals surface area (Å²) in [5, 5.41) is 27.8. The van der Waals surface area contributed by atoms with Crippen LogP contribution in [0.5, 0.6) is 5.75 Å². The van der Waals surface area contributed by atoms with Crippen molar-refractivity contribution >= 4 is 29.5 Å². The lowest BCUT2D eigenvalue weighted by atomic mass is 9.97. The van der Waals surface area contributed by atoms with Crippen LogP contribution in [-0.2, 0) is 9.59 Å². The molecule has 0 bridgehead atoms. The van der Waals surface area contributed by atoms with Crippen LogP contribution in [-0.4, -0.2) is 34.3 Å². The second-order valence-corrected chi connectivity index (χ2v) is 6.08. The van der Waals surface area contributed by atoms with Gasteiger partial charge in [-0.05, 0) is 17.7 Å². The first-order valence-electron chi connectivity index (χ1n) is 7.37. The molecule has 1 amide bonds. The first-order chi connectivity index (χ1) is 12.9. The minimum atomic E-state index is -1.12. The van der Waals surface area contributed by atoms with Crippen molar-refractivity contribution in [3.05, 3.63) is 35.4 Å². The summed E-state index contributed by atoms with van der Waals surface area (Å²) in [6.07, 6.45) is 0. The van der Waals surface area contributed by atoms with E-state index in [-0.39, 0.29) is 33.3 Å². The molecule has 136 valence electrons. The molecule has 0 atom stereocenters. The highest BCUT2D eigenvalue weighted by Gasteiger charge is 2.21. The van der Waals surface area contributed by atoms with Crippen molar-refractivity contribution in [1.29, 1.82) is 10.5 Å². The van der Waals surface area contributed by atoms with Crippen LogP contribution in [0.2, 0.25) is 0 Å². The molecule has 5 N–H and O–H groups in total. The number of ether oxygens (including phenoxy) is 1. The number of nitrogens with two attached hydrogens (primary N) is 2. The van der Waals surface area contributed by atoms with Crippen LogP contribution in [0.4, 0.5) is 5.82 Å². The van der Waals surface area contributed by atoms with Crippen LogP contribution in [0.15, 0.2) is 29.3 Å². The van der Waals surface area contributed by atoms with Crippen LogP contribution < -0.4 is 16.2 Å². The van der Waals surface area contributed by atoms with E-state index in [1.54, 1.807) is 12.1 Å². The molecule has 0 aliphatic heterocycles. The standard InChI is InChI=1S/C17H13N5O4S/c18-5-11-15(9-1-3-10(4-2-9)26-7-14(24)25)12(6-19)17(22-16(11)21)27-8-13(20)23/h1-4H,7-8H2,(H2,20,23)(H2,21,22)(H,24,25). The van der Waals surface area contributed by atoms with Crippen molar-refractivity contribution in [3.8, 4) is 29.0 Å². The smallest absolute Gasteiger partial charge is 0.341 e. The predicted molar refractivity (Wildman–Crippen MR) is 96.6 cm³/mol. The molecule has 9 nitrogen and oxygen atoms in total. The van der Waals surface area contributed by atoms with Crippen molar-refractivity contribution in [1.82, 2.24) is 4.98 Å². The number of nitrogens with zero attached hydrogens (tertiary/aromatic N) is 3. The number of hydrogen-bond donors (Lipinski definition) is 3. The van der Waals surface area contributed by atoms with E-state index in [4.69, 9.17) is 21.3 Å². The molecule has 0 aliphatic carbocycles. The van der Waals surface area contributed by atoms with Crippen LogP contribution in [0.1, 0.15) is 11.1 Å². The number of thioether (sulfide) groups is 1. The van der Waals surface area contributed by atoms with E-state index in [0.29, 0.717) is 11.3 Å². The molecule has 0 aliphatic rings. The lowest BCUT2D eigenvalue weighted by molar-refractivity contribution is -0.139. The Morgan fingerprint density at radius 2 is 1.81 bits per heavy atom. The molecule has 0 unspecified atom stereocenters. The number of rotatable bonds is 7. The zero-order chi connectivity index (χ0) is 20.0. The molecule has 2 aromatic rings. The van der Waals surface area contributed by atoms with Crippen molar-refractivity contribution in [2.24, 2.45) is 5.73 Å². The molecule has 0 saturated heterocycles. The third-order valence-corrected chi connectivity index (χ3v) is 4.27. The third kappa shape index (κ3) is 4.66. The van der Waals surface area contributed by atoms with Crippen molar-refractivity contribution < 1.29 is 19.4 Å². The Kier molecular flexibility index (Phi) is 6.20. The summed E-state index contributed by atoms with van der Waals surface area (Å²) in [6, 6.07) is 10.1. The van der Waals surface area contributed by atoms with Gasteiger partial charge in [0.05, 0.1) is 11.3 Å². The van der Waals surface area contributed by atoms with Crippen LogP contribution in [0.25, 0.3) is 11.1 Å². The molecule has 0 saturated carbocycles. The van der Waals surface area contributed by atoms with E-state index in [0.717, 1.165) is 11.8 Å². The van der Waals surface area contributed by atoms with Gasteiger partial charge in [0.1, 0.15) is 34.3 Å². The number of aliphatic carboxylic acids is 1. The predicted octanol–water partition coefficient (Wildman–Crippen LogP) is 1.11. The van der Waals surface area contributed by atoms with Gasteiger partial charge < -0.3 is 21.3 Å². The first kappa shape index (κ1) is 19.6. The van der Waals surface area contributed by atoms with Gasteiger partial charge in [0.2, 0.25) is 5.91 Å². The zero-order valence-electron chi connectivity index (χ0n) is 13.8. The highest BCUT2D eigenvalue weighted by Crippen LogP contribution is 2.36. The van der Waals surface area contributed by atoms with Gasteiger partial charge in [0.25, 0.3) is 0 Å². The number of anilines is 1. The molecule has 0 radical (unpaired) electrons. The number of amides is 1. The molecule has 1 heterocycles. The number of benzene rings is 1. The number of hydrogen-bond acceptors (Lipinski definition) is 8. The maximum atomic E-state index is 11.0. The van der Waals surface area contributed by atoms with Gasteiger partial charge >= 0.3 is 5.97 Å². The molecule has 1 aromatic heterocycles. The number of carboxylic acid groups (broad SMARTS) is 1. The van der Waals surface area contributed by atoms with Gasteiger partial charge in [-0.25, -0.2) is 9.78 Å². The number of pyridine rings is 1. The van der Waals surface area contributed by atoms with Gasteiger partial charge in [0.15, 0.2) is 6.61 Å². The van der Waals surface area contributed by atoms with Crippen LogP contribution >= 0.6 is 11.8 Å². The summed E-state index contributed by atoms with van der Waals surface area (Å²) >= 11 is 0.949. The van der Waals surface area contributed by atoms with Crippen LogP contribution in [0, 0.1) is 22.7 Å². The third-order valence-electron chi connectivity index (χ3n) is 3.27. The summed E-state index contributed by atoms with van der Waals surface area (Å²) in [6.45, 7) is -0.498. The number of primary amides is 1. The highest BCUT2D eigenvalue weighted by molar-refractivity contribution is 8.00. The van der Waals surface area contributed by atoms with E-state index >= 15 is 0 Å². The van der Waals surface area contributed by atoms with Gasteiger partial charge in [-0.1, -0.05) is 23.9 Å². The molecule has 2 rings (SSSR count). The summed E-state index contributed by atoms with van der Waals surface area (Å²) in [4.78, 5) is 25.6. The number of carboxylic acids is 1. The number of carbonyl (C=O) groups excluding carboxylic acids is 1. The first-order valence-corrected chi connectivity index (χ1v) is 8.35. The summed E-state index contributed by atoms with van der Waals surface area (Å²) in [5.41, 5.74) is 11.8. The van der Waals surface area contributed by atoms with Gasteiger partial charge in [-0.15, -0.1) is 0 Å². The second kappa shape index (κ2) is 8.56. The van der Waals surface area contributed by atoms with E-state index in [9.17, 15) is 20.1 Å². The van der Waals surface area contributed by atoms with Crippen molar-refractivity contribution in [3.63, 3.8) is 0 Å². The molecule has 0 fully saturated rings. The van der Waals surface area contributed by atoms with Crippen molar-refractivity contribution in [2.45, 2.75) is 5.03 Å². The Balaban J connectivity index is 2.53. The Labute approximate surface area is 158 Å². The Morgan fingerprint density at radius 1 is 1.19 bits per heavy atom. The highest BCUT2D eigenvalue weighted by atomic mass is 32.2.